The van der Waals surface area contributed by atoms with Crippen LogP contribution in [0.3, 0.4) is 0 Å². The van der Waals surface area contributed by atoms with Crippen molar-refractivity contribution < 1.29 is 4.79 Å². The average molecular weight is 411 g/mol. The fraction of sp³-hybridized carbons (Fsp3) is 0.192. The Hall–Kier alpha value is -3.73. The first kappa shape index (κ1) is 20.5. The molecule has 0 aliphatic rings. The van der Waals surface area contributed by atoms with Crippen LogP contribution in [-0.4, -0.2) is 35.7 Å². The zero-order valence-electron chi connectivity index (χ0n) is 17.7. The number of nitrogens with zero attached hydrogens (tertiary/aromatic N) is 3. The summed E-state index contributed by atoms with van der Waals surface area (Å²) in [6, 6.07) is 27.7. The molecule has 31 heavy (non-hydrogen) atoms. The summed E-state index contributed by atoms with van der Waals surface area (Å²) in [5, 5.41) is 12.6. The summed E-state index contributed by atoms with van der Waals surface area (Å²) < 4.78 is 0. The van der Waals surface area contributed by atoms with E-state index in [0.29, 0.717) is 23.3 Å². The number of hydrogen-bond acceptors (Lipinski definition) is 4. The van der Waals surface area contributed by atoms with Crippen molar-refractivity contribution in [3.63, 3.8) is 0 Å². The number of carbonyl (C=O) groups excluding carboxylic acids is 1. The van der Waals surface area contributed by atoms with Gasteiger partial charge in [0.25, 0.3) is 5.91 Å². The molecular weight excluding hydrogens is 384 g/mol. The van der Waals surface area contributed by atoms with Crippen molar-refractivity contribution in [2.75, 3.05) is 24.5 Å². The summed E-state index contributed by atoms with van der Waals surface area (Å²) in [7, 11) is 0. The Morgan fingerprint density at radius 2 is 1.55 bits per heavy atom. The lowest BCUT2D eigenvalue weighted by Gasteiger charge is -2.23. The van der Waals surface area contributed by atoms with Gasteiger partial charge in [-0.2, -0.15) is 0 Å². The Labute approximate surface area is 182 Å². The molecule has 0 bridgehead atoms. The molecule has 0 aliphatic heterocycles. The number of hydrogen-bond donors (Lipinski definition) is 1. The van der Waals surface area contributed by atoms with Gasteiger partial charge >= 0.3 is 0 Å². The highest BCUT2D eigenvalue weighted by Gasteiger charge is 2.19. The van der Waals surface area contributed by atoms with Crippen LogP contribution in [0.5, 0.6) is 0 Å². The second-order valence-corrected chi connectivity index (χ2v) is 7.33. The molecule has 0 aliphatic carbocycles. The zero-order valence-corrected chi connectivity index (χ0v) is 17.7. The molecule has 1 amide bonds. The van der Waals surface area contributed by atoms with Gasteiger partial charge in [0.1, 0.15) is 5.69 Å². The number of carbonyl (C=O) groups is 1. The largest absolute Gasteiger partial charge is 0.372 e. The van der Waals surface area contributed by atoms with Crippen molar-refractivity contribution in [2.45, 2.75) is 13.3 Å². The second-order valence-electron chi connectivity index (χ2n) is 7.33. The molecule has 5 nitrogen and oxygen atoms in total. The SMILES string of the molecule is CCN(CCCNC(=O)c1c(-c2ccccc2)nnc2ccccc12)c1ccccc1. The standard InChI is InChI=1S/C26H26N4O/c1-2-30(21-14-7-4-8-15-21)19-11-18-27-26(31)24-22-16-9-10-17-23(22)28-29-25(24)20-12-5-3-6-13-20/h3-10,12-17H,2,11,18-19H2,1H3,(H,27,31). The minimum absolute atomic E-state index is 0.118. The topological polar surface area (TPSA) is 58.1 Å². The van der Waals surface area contributed by atoms with Gasteiger partial charge in [-0.05, 0) is 31.5 Å². The number of rotatable bonds is 8. The van der Waals surface area contributed by atoms with Crippen LogP contribution in [0.2, 0.25) is 0 Å². The molecule has 1 N–H and O–H groups in total. The van der Waals surface area contributed by atoms with Gasteiger partial charge in [-0.3, -0.25) is 4.79 Å². The number of benzene rings is 3. The van der Waals surface area contributed by atoms with Crippen molar-refractivity contribution in [3.8, 4) is 11.3 Å². The number of amides is 1. The number of anilines is 1. The molecule has 0 spiro atoms. The molecule has 3 aromatic carbocycles. The first-order valence-corrected chi connectivity index (χ1v) is 10.7. The van der Waals surface area contributed by atoms with E-state index in [0.717, 1.165) is 30.5 Å². The van der Waals surface area contributed by atoms with Crippen LogP contribution in [-0.2, 0) is 0 Å². The molecule has 1 aromatic heterocycles. The molecule has 4 aromatic rings. The molecule has 156 valence electrons. The third-order valence-electron chi connectivity index (χ3n) is 5.34. The molecule has 1 heterocycles. The summed E-state index contributed by atoms with van der Waals surface area (Å²) in [6.07, 6.45) is 0.853. The van der Waals surface area contributed by atoms with Crippen molar-refractivity contribution >= 4 is 22.5 Å². The monoisotopic (exact) mass is 410 g/mol. The second kappa shape index (κ2) is 9.85. The van der Waals surface area contributed by atoms with E-state index in [9.17, 15) is 4.79 Å². The van der Waals surface area contributed by atoms with E-state index in [1.54, 1.807) is 0 Å². The predicted octanol–water partition coefficient (Wildman–Crippen LogP) is 4.94. The van der Waals surface area contributed by atoms with E-state index in [2.05, 4.69) is 39.5 Å². The third-order valence-corrected chi connectivity index (χ3v) is 5.34. The quantitative estimate of drug-likeness (QED) is 0.418. The van der Waals surface area contributed by atoms with E-state index in [1.165, 1.54) is 5.69 Å². The van der Waals surface area contributed by atoms with Crippen LogP contribution < -0.4 is 10.2 Å². The molecule has 0 radical (unpaired) electrons. The zero-order chi connectivity index (χ0) is 21.5. The Kier molecular flexibility index (Phi) is 6.53. The lowest BCUT2D eigenvalue weighted by atomic mass is 10.0. The lowest BCUT2D eigenvalue weighted by Crippen LogP contribution is -2.30. The highest BCUT2D eigenvalue weighted by atomic mass is 16.1. The van der Waals surface area contributed by atoms with E-state index in [-0.39, 0.29) is 5.91 Å². The summed E-state index contributed by atoms with van der Waals surface area (Å²) in [4.78, 5) is 15.6. The summed E-state index contributed by atoms with van der Waals surface area (Å²) in [5.74, 6) is -0.118. The maximum Gasteiger partial charge on any atom is 0.254 e. The van der Waals surface area contributed by atoms with Gasteiger partial charge in [0, 0.05) is 36.3 Å². The Balaban J connectivity index is 1.51. The van der Waals surface area contributed by atoms with Gasteiger partial charge in [0.05, 0.1) is 11.1 Å². The maximum absolute atomic E-state index is 13.2. The summed E-state index contributed by atoms with van der Waals surface area (Å²) in [6.45, 7) is 4.54. The molecule has 0 fully saturated rings. The maximum atomic E-state index is 13.2. The van der Waals surface area contributed by atoms with Crippen LogP contribution in [0, 0.1) is 0 Å². The number of nitrogens with one attached hydrogen (secondary N) is 1. The lowest BCUT2D eigenvalue weighted by molar-refractivity contribution is 0.0955. The van der Waals surface area contributed by atoms with Crippen molar-refractivity contribution in [1.29, 1.82) is 0 Å². The smallest absolute Gasteiger partial charge is 0.254 e. The Morgan fingerprint density at radius 3 is 2.29 bits per heavy atom. The summed E-state index contributed by atoms with van der Waals surface area (Å²) in [5.41, 5.74) is 3.98. The van der Waals surface area contributed by atoms with Crippen LogP contribution in [0.4, 0.5) is 5.69 Å². The van der Waals surface area contributed by atoms with Gasteiger partial charge in [-0.15, -0.1) is 10.2 Å². The van der Waals surface area contributed by atoms with E-state index in [4.69, 9.17) is 0 Å². The van der Waals surface area contributed by atoms with Crippen LogP contribution in [0.25, 0.3) is 22.2 Å². The van der Waals surface area contributed by atoms with Gasteiger partial charge in [0.2, 0.25) is 0 Å². The van der Waals surface area contributed by atoms with Crippen molar-refractivity contribution in [3.05, 3.63) is 90.5 Å². The van der Waals surface area contributed by atoms with E-state index < -0.39 is 0 Å². The van der Waals surface area contributed by atoms with Crippen LogP contribution in [0.1, 0.15) is 23.7 Å². The van der Waals surface area contributed by atoms with E-state index >= 15 is 0 Å². The predicted molar refractivity (Wildman–Crippen MR) is 126 cm³/mol. The number of aromatic nitrogens is 2. The third kappa shape index (κ3) is 4.72. The van der Waals surface area contributed by atoms with Gasteiger partial charge in [0.15, 0.2) is 0 Å². The average Bonchev–Trinajstić information content (AvgIpc) is 2.84. The summed E-state index contributed by atoms with van der Waals surface area (Å²) >= 11 is 0. The minimum Gasteiger partial charge on any atom is -0.372 e. The highest BCUT2D eigenvalue weighted by Crippen LogP contribution is 2.26. The molecule has 0 unspecified atom stereocenters. The van der Waals surface area contributed by atoms with Gasteiger partial charge in [-0.25, -0.2) is 0 Å². The fourth-order valence-electron chi connectivity index (χ4n) is 3.75. The first-order valence-electron chi connectivity index (χ1n) is 10.7. The van der Waals surface area contributed by atoms with Crippen molar-refractivity contribution in [1.82, 2.24) is 15.5 Å². The van der Waals surface area contributed by atoms with Crippen molar-refractivity contribution in [2.24, 2.45) is 0 Å². The van der Waals surface area contributed by atoms with Crippen LogP contribution in [0.15, 0.2) is 84.9 Å². The fourth-order valence-corrected chi connectivity index (χ4v) is 3.75. The molecular formula is C26H26N4O. The molecule has 5 heteroatoms. The molecule has 0 atom stereocenters. The number of para-hydroxylation sites is 1. The molecule has 4 rings (SSSR count). The van der Waals surface area contributed by atoms with Gasteiger partial charge in [-0.1, -0.05) is 66.7 Å². The van der Waals surface area contributed by atoms with Crippen LogP contribution >= 0.6 is 0 Å². The molecule has 0 saturated heterocycles. The van der Waals surface area contributed by atoms with Gasteiger partial charge < -0.3 is 10.2 Å². The number of fused-ring (bicyclic) bond motifs is 1. The van der Waals surface area contributed by atoms with E-state index in [1.807, 2.05) is 72.8 Å². The molecule has 0 saturated carbocycles. The first-order chi connectivity index (χ1) is 15.3. The minimum atomic E-state index is -0.118. The Bertz CT molecular complexity index is 1150. The highest BCUT2D eigenvalue weighted by molar-refractivity contribution is 6.10. The Morgan fingerprint density at radius 1 is 0.871 bits per heavy atom. The normalized spacial score (nSPS) is 10.7.